The summed E-state index contributed by atoms with van der Waals surface area (Å²) < 4.78 is 5.02. The maximum Gasteiger partial charge on any atom is 0.226 e. The molecule has 2 rings (SSSR count). The summed E-state index contributed by atoms with van der Waals surface area (Å²) in [6, 6.07) is 7.79. The highest BCUT2D eigenvalue weighted by molar-refractivity contribution is 6.30. The van der Waals surface area contributed by atoms with Crippen LogP contribution in [0.2, 0.25) is 5.02 Å². The van der Waals surface area contributed by atoms with Crippen LogP contribution in [-0.4, -0.2) is 10.1 Å². The van der Waals surface area contributed by atoms with Crippen molar-refractivity contribution in [2.45, 2.75) is 19.8 Å². The van der Waals surface area contributed by atoms with Gasteiger partial charge in [0.1, 0.15) is 0 Å². The van der Waals surface area contributed by atoms with Gasteiger partial charge in [0, 0.05) is 11.4 Å². The zero-order valence-corrected chi connectivity index (χ0v) is 9.16. The maximum atomic E-state index is 5.88. The van der Waals surface area contributed by atoms with E-state index in [2.05, 4.69) is 10.1 Å². The first-order chi connectivity index (χ1) is 7.24. The van der Waals surface area contributed by atoms with Crippen molar-refractivity contribution in [3.63, 3.8) is 0 Å². The fourth-order valence-electron chi connectivity index (χ4n) is 1.39. The molecule has 1 aromatic heterocycles. The Bertz CT molecular complexity index is 453. The van der Waals surface area contributed by atoms with E-state index >= 15 is 0 Å². The Hall–Kier alpha value is -1.35. The van der Waals surface area contributed by atoms with Gasteiger partial charge in [0.25, 0.3) is 0 Å². The first-order valence-corrected chi connectivity index (χ1v) is 5.15. The molecule has 0 N–H and O–H groups in total. The van der Waals surface area contributed by atoms with E-state index in [0.29, 0.717) is 11.7 Å². The van der Waals surface area contributed by atoms with Gasteiger partial charge in [-0.15, -0.1) is 0 Å². The average molecular weight is 223 g/mol. The molecular weight excluding hydrogens is 212 g/mol. The SMILES string of the molecule is Cc1noc(CCc2cccc(Cl)c2)n1. The number of hydrogen-bond acceptors (Lipinski definition) is 3. The average Bonchev–Trinajstić information content (AvgIpc) is 2.62. The summed E-state index contributed by atoms with van der Waals surface area (Å²) in [5.74, 6) is 1.35. The number of benzene rings is 1. The van der Waals surface area contributed by atoms with Gasteiger partial charge in [-0.1, -0.05) is 28.9 Å². The number of rotatable bonds is 3. The third kappa shape index (κ3) is 2.80. The molecule has 4 heteroatoms. The zero-order chi connectivity index (χ0) is 10.7. The number of aryl methyl sites for hydroxylation is 3. The summed E-state index contributed by atoms with van der Waals surface area (Å²) in [6.45, 7) is 1.81. The minimum atomic E-state index is 0.674. The molecule has 0 spiro atoms. The highest BCUT2D eigenvalue weighted by atomic mass is 35.5. The first-order valence-electron chi connectivity index (χ1n) is 4.77. The van der Waals surface area contributed by atoms with Gasteiger partial charge in [0.2, 0.25) is 5.89 Å². The van der Waals surface area contributed by atoms with E-state index < -0.39 is 0 Å². The van der Waals surface area contributed by atoms with Crippen LogP contribution in [0.3, 0.4) is 0 Å². The molecule has 0 amide bonds. The molecule has 0 radical (unpaired) electrons. The first kappa shape index (κ1) is 10.2. The monoisotopic (exact) mass is 222 g/mol. The van der Waals surface area contributed by atoms with E-state index in [0.717, 1.165) is 17.9 Å². The summed E-state index contributed by atoms with van der Waals surface area (Å²) >= 11 is 5.88. The molecular formula is C11H11ClN2O. The normalized spacial score (nSPS) is 10.5. The molecule has 1 aromatic carbocycles. The Morgan fingerprint density at radius 3 is 2.87 bits per heavy atom. The van der Waals surface area contributed by atoms with Crippen molar-refractivity contribution in [1.29, 1.82) is 0 Å². The molecule has 0 saturated carbocycles. The van der Waals surface area contributed by atoms with Crippen molar-refractivity contribution in [3.8, 4) is 0 Å². The van der Waals surface area contributed by atoms with Gasteiger partial charge in [-0.25, -0.2) is 0 Å². The van der Waals surface area contributed by atoms with Crippen molar-refractivity contribution in [2.24, 2.45) is 0 Å². The molecule has 0 unspecified atom stereocenters. The van der Waals surface area contributed by atoms with Gasteiger partial charge < -0.3 is 4.52 Å². The molecule has 0 saturated heterocycles. The fourth-order valence-corrected chi connectivity index (χ4v) is 1.60. The second-order valence-electron chi connectivity index (χ2n) is 3.37. The third-order valence-corrected chi connectivity index (χ3v) is 2.32. The third-order valence-electron chi connectivity index (χ3n) is 2.09. The second-order valence-corrected chi connectivity index (χ2v) is 3.80. The van der Waals surface area contributed by atoms with E-state index in [-0.39, 0.29) is 0 Å². The summed E-state index contributed by atoms with van der Waals surface area (Å²) in [5, 5.41) is 4.49. The number of hydrogen-bond donors (Lipinski definition) is 0. The molecule has 0 fully saturated rings. The lowest BCUT2D eigenvalue weighted by Crippen LogP contribution is -1.91. The Morgan fingerprint density at radius 2 is 2.20 bits per heavy atom. The largest absolute Gasteiger partial charge is 0.339 e. The number of halogens is 1. The van der Waals surface area contributed by atoms with Crippen LogP contribution in [0, 0.1) is 6.92 Å². The van der Waals surface area contributed by atoms with E-state index in [4.69, 9.17) is 16.1 Å². The highest BCUT2D eigenvalue weighted by Gasteiger charge is 2.03. The molecule has 3 nitrogen and oxygen atoms in total. The van der Waals surface area contributed by atoms with Crippen LogP contribution < -0.4 is 0 Å². The molecule has 1 heterocycles. The van der Waals surface area contributed by atoms with Crippen molar-refractivity contribution in [3.05, 3.63) is 46.6 Å². The lowest BCUT2D eigenvalue weighted by Gasteiger charge is -1.98. The number of nitrogens with zero attached hydrogens (tertiary/aromatic N) is 2. The van der Waals surface area contributed by atoms with E-state index in [9.17, 15) is 0 Å². The molecule has 15 heavy (non-hydrogen) atoms. The topological polar surface area (TPSA) is 38.9 Å². The smallest absolute Gasteiger partial charge is 0.226 e. The quantitative estimate of drug-likeness (QED) is 0.802. The minimum Gasteiger partial charge on any atom is -0.339 e. The molecule has 0 aliphatic carbocycles. The van der Waals surface area contributed by atoms with Gasteiger partial charge in [0.05, 0.1) is 0 Å². The van der Waals surface area contributed by atoms with Gasteiger partial charge in [-0.3, -0.25) is 0 Å². The fraction of sp³-hybridized carbons (Fsp3) is 0.273. The van der Waals surface area contributed by atoms with Crippen LogP contribution >= 0.6 is 11.6 Å². The summed E-state index contributed by atoms with van der Waals surface area (Å²) in [7, 11) is 0. The van der Waals surface area contributed by atoms with Crippen LogP contribution in [0.4, 0.5) is 0 Å². The second kappa shape index (κ2) is 4.45. The van der Waals surface area contributed by atoms with Gasteiger partial charge >= 0.3 is 0 Å². The van der Waals surface area contributed by atoms with Crippen molar-refractivity contribution >= 4 is 11.6 Å². The Kier molecular flexibility index (Phi) is 3.02. The predicted molar refractivity (Wildman–Crippen MR) is 57.9 cm³/mol. The predicted octanol–water partition coefficient (Wildman–Crippen LogP) is 2.82. The van der Waals surface area contributed by atoms with Crippen LogP contribution in [0.25, 0.3) is 0 Å². The Morgan fingerprint density at radius 1 is 1.33 bits per heavy atom. The van der Waals surface area contributed by atoms with Crippen LogP contribution in [0.15, 0.2) is 28.8 Å². The van der Waals surface area contributed by atoms with Crippen molar-refractivity contribution < 1.29 is 4.52 Å². The summed E-state index contributed by atoms with van der Waals surface area (Å²) in [6.07, 6.45) is 1.61. The number of aromatic nitrogens is 2. The van der Waals surface area contributed by atoms with Gasteiger partial charge in [-0.2, -0.15) is 4.98 Å². The van der Waals surface area contributed by atoms with E-state index in [1.165, 1.54) is 5.56 Å². The summed E-state index contributed by atoms with van der Waals surface area (Å²) in [4.78, 5) is 4.14. The van der Waals surface area contributed by atoms with Crippen LogP contribution in [0.1, 0.15) is 17.3 Å². The van der Waals surface area contributed by atoms with Crippen molar-refractivity contribution in [1.82, 2.24) is 10.1 Å². The molecule has 0 atom stereocenters. The molecule has 0 aliphatic rings. The minimum absolute atomic E-state index is 0.674. The molecule has 0 aliphatic heterocycles. The van der Waals surface area contributed by atoms with Gasteiger partial charge in [-0.05, 0) is 31.0 Å². The van der Waals surface area contributed by atoms with E-state index in [1.54, 1.807) is 0 Å². The Balaban J connectivity index is 1.99. The van der Waals surface area contributed by atoms with Crippen molar-refractivity contribution in [2.75, 3.05) is 0 Å². The molecule has 78 valence electrons. The molecule has 2 aromatic rings. The Labute approximate surface area is 93.1 Å². The standard InChI is InChI=1S/C11H11ClN2O/c1-8-13-11(15-14-8)6-5-9-3-2-4-10(12)7-9/h2-4,7H,5-6H2,1H3. The van der Waals surface area contributed by atoms with Crippen LogP contribution in [-0.2, 0) is 12.8 Å². The van der Waals surface area contributed by atoms with Gasteiger partial charge in [0.15, 0.2) is 5.82 Å². The zero-order valence-electron chi connectivity index (χ0n) is 8.40. The van der Waals surface area contributed by atoms with E-state index in [1.807, 2.05) is 31.2 Å². The summed E-state index contributed by atoms with van der Waals surface area (Å²) in [5.41, 5.74) is 1.18. The maximum absolute atomic E-state index is 5.88. The highest BCUT2D eigenvalue weighted by Crippen LogP contribution is 2.12. The lowest BCUT2D eigenvalue weighted by atomic mass is 10.1. The molecule has 0 bridgehead atoms. The van der Waals surface area contributed by atoms with Crippen LogP contribution in [0.5, 0.6) is 0 Å². The lowest BCUT2D eigenvalue weighted by molar-refractivity contribution is 0.374.